The summed E-state index contributed by atoms with van der Waals surface area (Å²) in [6, 6.07) is 4.60. The fourth-order valence-electron chi connectivity index (χ4n) is 3.49. The fourth-order valence-corrected chi connectivity index (χ4v) is 3.49. The molecule has 1 aliphatic heterocycles. The van der Waals surface area contributed by atoms with Gasteiger partial charge in [0.15, 0.2) is 0 Å². The minimum atomic E-state index is -0.107. The molecule has 0 aromatic carbocycles. The van der Waals surface area contributed by atoms with Gasteiger partial charge in [-0.2, -0.15) is 0 Å². The topological polar surface area (TPSA) is 57.5 Å². The number of urea groups is 1. The summed E-state index contributed by atoms with van der Waals surface area (Å²) in [4.78, 5) is 14.6. The Balaban J connectivity index is 1.42. The number of nitrogens with one attached hydrogen (secondary N) is 2. The van der Waals surface area contributed by atoms with E-state index in [4.69, 9.17) is 4.42 Å². The lowest BCUT2D eigenvalue weighted by Gasteiger charge is -2.43. The summed E-state index contributed by atoms with van der Waals surface area (Å²) >= 11 is 0. The minimum Gasteiger partial charge on any atom is -0.467 e. The first-order valence-corrected chi connectivity index (χ1v) is 8.53. The van der Waals surface area contributed by atoms with E-state index in [2.05, 4.69) is 22.5 Å². The third-order valence-electron chi connectivity index (χ3n) is 5.15. The zero-order chi connectivity index (χ0) is 15.4. The maximum Gasteiger partial charge on any atom is 0.315 e. The molecule has 3 rings (SSSR count). The Morgan fingerprint density at radius 1 is 1.41 bits per heavy atom. The van der Waals surface area contributed by atoms with Crippen LogP contribution in [0.25, 0.3) is 0 Å². The molecule has 22 heavy (non-hydrogen) atoms. The van der Waals surface area contributed by atoms with Crippen molar-refractivity contribution in [3.8, 4) is 0 Å². The SMILES string of the molecule is C[C@H](NC(=O)NCc1ccco1)[C@@H]1CCCN(C2CCC2)C1. The fraction of sp³-hybridized carbons (Fsp3) is 0.706. The largest absolute Gasteiger partial charge is 0.467 e. The van der Waals surface area contributed by atoms with Gasteiger partial charge < -0.3 is 20.0 Å². The van der Waals surface area contributed by atoms with Gasteiger partial charge in [0.2, 0.25) is 0 Å². The molecule has 2 heterocycles. The van der Waals surface area contributed by atoms with Crippen molar-refractivity contribution in [1.82, 2.24) is 15.5 Å². The van der Waals surface area contributed by atoms with E-state index in [-0.39, 0.29) is 12.1 Å². The van der Waals surface area contributed by atoms with Crippen LogP contribution in [-0.2, 0) is 6.54 Å². The van der Waals surface area contributed by atoms with E-state index in [9.17, 15) is 4.79 Å². The highest BCUT2D eigenvalue weighted by molar-refractivity contribution is 5.74. The standard InChI is InChI=1S/C17H27N3O2/c1-13(19-17(21)18-11-16-8-4-10-22-16)14-5-3-9-20(12-14)15-6-2-7-15/h4,8,10,13-15H,2-3,5-7,9,11-12H2,1H3,(H2,18,19,21)/t13-,14+/m0/s1. The Kier molecular flexibility index (Phi) is 5.03. The summed E-state index contributed by atoms with van der Waals surface area (Å²) in [7, 11) is 0. The van der Waals surface area contributed by atoms with E-state index in [1.54, 1.807) is 6.26 Å². The van der Waals surface area contributed by atoms with Crippen molar-refractivity contribution in [1.29, 1.82) is 0 Å². The van der Waals surface area contributed by atoms with Crippen LogP contribution < -0.4 is 10.6 Å². The van der Waals surface area contributed by atoms with Crippen LogP contribution in [0.1, 0.15) is 44.8 Å². The Morgan fingerprint density at radius 2 is 2.27 bits per heavy atom. The van der Waals surface area contributed by atoms with Gasteiger partial charge in [-0.05, 0) is 57.2 Å². The highest BCUT2D eigenvalue weighted by atomic mass is 16.3. The smallest absolute Gasteiger partial charge is 0.315 e. The van der Waals surface area contributed by atoms with E-state index in [1.807, 2.05) is 12.1 Å². The van der Waals surface area contributed by atoms with E-state index in [1.165, 1.54) is 38.6 Å². The second-order valence-electron chi connectivity index (χ2n) is 6.68. The monoisotopic (exact) mass is 305 g/mol. The predicted octanol–water partition coefficient (Wildman–Crippen LogP) is 2.73. The molecule has 0 bridgehead atoms. The number of piperidine rings is 1. The van der Waals surface area contributed by atoms with Crippen LogP contribution in [0.5, 0.6) is 0 Å². The molecule has 122 valence electrons. The van der Waals surface area contributed by atoms with Crippen LogP contribution in [0.15, 0.2) is 22.8 Å². The number of likely N-dealkylation sites (tertiary alicyclic amines) is 1. The first kappa shape index (κ1) is 15.4. The van der Waals surface area contributed by atoms with Crippen molar-refractivity contribution in [3.05, 3.63) is 24.2 Å². The molecular weight excluding hydrogens is 278 g/mol. The molecule has 1 aliphatic carbocycles. The molecule has 2 fully saturated rings. The van der Waals surface area contributed by atoms with Crippen LogP contribution in [0.3, 0.4) is 0 Å². The van der Waals surface area contributed by atoms with Crippen LogP contribution >= 0.6 is 0 Å². The molecule has 5 nitrogen and oxygen atoms in total. The summed E-state index contributed by atoms with van der Waals surface area (Å²) in [5.74, 6) is 1.33. The molecule has 1 saturated carbocycles. The van der Waals surface area contributed by atoms with Gasteiger partial charge in [-0.3, -0.25) is 0 Å². The molecule has 1 aromatic rings. The maximum absolute atomic E-state index is 12.0. The lowest BCUT2D eigenvalue weighted by molar-refractivity contribution is 0.0678. The van der Waals surface area contributed by atoms with Crippen molar-refractivity contribution in [2.75, 3.05) is 13.1 Å². The molecule has 2 atom stereocenters. The lowest BCUT2D eigenvalue weighted by atomic mass is 9.86. The van der Waals surface area contributed by atoms with Crippen molar-refractivity contribution in [2.45, 2.75) is 57.7 Å². The number of furan rings is 1. The third-order valence-corrected chi connectivity index (χ3v) is 5.15. The first-order valence-electron chi connectivity index (χ1n) is 8.53. The zero-order valence-corrected chi connectivity index (χ0v) is 13.4. The Hall–Kier alpha value is -1.49. The number of nitrogens with zero attached hydrogens (tertiary/aromatic N) is 1. The second kappa shape index (κ2) is 7.18. The summed E-state index contributed by atoms with van der Waals surface area (Å²) in [6.45, 7) is 4.93. The number of carbonyl (C=O) groups is 1. The average molecular weight is 305 g/mol. The quantitative estimate of drug-likeness (QED) is 0.879. The zero-order valence-electron chi connectivity index (χ0n) is 13.4. The van der Waals surface area contributed by atoms with E-state index in [0.717, 1.165) is 18.3 Å². The van der Waals surface area contributed by atoms with Crippen LogP contribution in [0, 0.1) is 5.92 Å². The second-order valence-corrected chi connectivity index (χ2v) is 6.68. The molecular formula is C17H27N3O2. The lowest BCUT2D eigenvalue weighted by Crippen LogP contribution is -2.52. The molecule has 0 spiro atoms. The molecule has 0 radical (unpaired) electrons. The Morgan fingerprint density at radius 3 is 2.95 bits per heavy atom. The van der Waals surface area contributed by atoms with E-state index < -0.39 is 0 Å². The minimum absolute atomic E-state index is 0.107. The van der Waals surface area contributed by atoms with Gasteiger partial charge >= 0.3 is 6.03 Å². The van der Waals surface area contributed by atoms with Crippen molar-refractivity contribution in [3.63, 3.8) is 0 Å². The number of hydrogen-bond acceptors (Lipinski definition) is 3. The number of rotatable bonds is 5. The molecule has 1 saturated heterocycles. The maximum atomic E-state index is 12.0. The van der Waals surface area contributed by atoms with Gasteiger partial charge in [-0.1, -0.05) is 6.42 Å². The molecule has 0 unspecified atom stereocenters. The van der Waals surface area contributed by atoms with Crippen molar-refractivity contribution < 1.29 is 9.21 Å². The molecule has 2 aliphatic rings. The predicted molar refractivity (Wildman–Crippen MR) is 85.5 cm³/mol. The van der Waals surface area contributed by atoms with Gasteiger partial charge in [0.1, 0.15) is 5.76 Å². The summed E-state index contributed by atoms with van der Waals surface area (Å²) in [5.41, 5.74) is 0. The van der Waals surface area contributed by atoms with Crippen molar-refractivity contribution >= 4 is 6.03 Å². The molecule has 2 amide bonds. The first-order chi connectivity index (χ1) is 10.7. The van der Waals surface area contributed by atoms with Gasteiger partial charge in [0, 0.05) is 18.6 Å². The average Bonchev–Trinajstić information content (AvgIpc) is 2.97. The number of hydrogen-bond donors (Lipinski definition) is 2. The Bertz CT molecular complexity index is 470. The van der Waals surface area contributed by atoms with Crippen LogP contribution in [-0.4, -0.2) is 36.1 Å². The van der Waals surface area contributed by atoms with Crippen LogP contribution in [0.2, 0.25) is 0 Å². The van der Waals surface area contributed by atoms with Gasteiger partial charge in [-0.15, -0.1) is 0 Å². The van der Waals surface area contributed by atoms with E-state index in [0.29, 0.717) is 12.5 Å². The summed E-state index contributed by atoms with van der Waals surface area (Å²) in [5, 5.41) is 5.94. The Labute approximate surface area is 132 Å². The summed E-state index contributed by atoms with van der Waals surface area (Å²) in [6.07, 6.45) is 8.18. The van der Waals surface area contributed by atoms with Gasteiger partial charge in [0.05, 0.1) is 12.8 Å². The summed E-state index contributed by atoms with van der Waals surface area (Å²) < 4.78 is 5.22. The van der Waals surface area contributed by atoms with Gasteiger partial charge in [-0.25, -0.2) is 4.79 Å². The third kappa shape index (κ3) is 3.83. The number of carbonyl (C=O) groups excluding carboxylic acids is 1. The normalized spacial score (nSPS) is 24.5. The van der Waals surface area contributed by atoms with Crippen molar-refractivity contribution in [2.24, 2.45) is 5.92 Å². The molecule has 5 heteroatoms. The van der Waals surface area contributed by atoms with Crippen LogP contribution in [0.4, 0.5) is 4.79 Å². The molecule has 1 aromatic heterocycles. The highest BCUT2D eigenvalue weighted by Gasteiger charge is 2.31. The molecule has 2 N–H and O–H groups in total. The van der Waals surface area contributed by atoms with Gasteiger partial charge in [0.25, 0.3) is 0 Å². The van der Waals surface area contributed by atoms with E-state index >= 15 is 0 Å². The number of amides is 2. The highest BCUT2D eigenvalue weighted by Crippen LogP contribution is 2.30.